The summed E-state index contributed by atoms with van der Waals surface area (Å²) >= 11 is 5.00. The number of nitrogens with zero attached hydrogens (tertiary/aromatic N) is 1. The van der Waals surface area contributed by atoms with Crippen molar-refractivity contribution in [1.82, 2.24) is 4.90 Å². The summed E-state index contributed by atoms with van der Waals surface area (Å²) < 4.78 is 5.59. The van der Waals surface area contributed by atoms with E-state index in [2.05, 4.69) is 22.0 Å². The number of halogens is 1. The molecular weight excluding hydrogens is 427 g/mol. The molecule has 6 heteroatoms. The van der Waals surface area contributed by atoms with Crippen molar-refractivity contribution in [2.24, 2.45) is 0 Å². The second-order valence-electron chi connectivity index (χ2n) is 4.62. The molecule has 3 nitrogen and oxygen atoms in total. The number of hydrogen-bond donors (Lipinski definition) is 0. The van der Waals surface area contributed by atoms with Gasteiger partial charge in [-0.1, -0.05) is 29.3 Å². The molecule has 0 aromatic heterocycles. The van der Waals surface area contributed by atoms with Crippen LogP contribution in [-0.2, 0) is 37.5 Å². The average Bonchev–Trinajstić information content (AvgIpc) is 2.44. The Bertz CT molecular complexity index is 550. The topological polar surface area (TPSA) is 29.5 Å². The van der Waals surface area contributed by atoms with E-state index in [0.717, 1.165) is 22.6 Å². The van der Waals surface area contributed by atoms with Crippen LogP contribution in [0.25, 0.3) is 5.70 Å². The van der Waals surface area contributed by atoms with E-state index in [-0.39, 0.29) is 43.4 Å². The predicted molar refractivity (Wildman–Crippen MR) is 86.9 cm³/mol. The Morgan fingerprint density at radius 1 is 1.52 bits per heavy atom. The van der Waals surface area contributed by atoms with Crippen molar-refractivity contribution in [3.8, 4) is 5.75 Å². The van der Waals surface area contributed by atoms with Gasteiger partial charge in [0.2, 0.25) is 5.91 Å². The summed E-state index contributed by atoms with van der Waals surface area (Å²) in [4.78, 5) is 13.5. The molecule has 2 rings (SSSR count). The van der Waals surface area contributed by atoms with Crippen LogP contribution in [0.4, 0.5) is 0 Å². The Morgan fingerprint density at radius 3 is 2.86 bits per heavy atom. The number of carbonyl (C=O) groups excluding carboxylic acids is 1. The molecule has 0 bridgehead atoms. The third-order valence-corrected chi connectivity index (χ3v) is 4.25. The minimum atomic E-state index is -0.166. The van der Waals surface area contributed by atoms with E-state index < -0.39 is 0 Å². The predicted octanol–water partition coefficient (Wildman–Crippen LogP) is 3.46. The Hall–Kier alpha value is 0.164. The Labute approximate surface area is 163 Å². The van der Waals surface area contributed by atoms with E-state index in [1.807, 2.05) is 31.4 Å². The normalized spacial score (nSPS) is 18.1. The zero-order chi connectivity index (χ0) is 14.7. The van der Waals surface area contributed by atoms with Gasteiger partial charge in [-0.3, -0.25) is 4.79 Å². The molecule has 1 amide bonds. The minimum Gasteiger partial charge on any atom is -0.483 e. The molecule has 0 fully saturated rings. The molecule has 111 valence electrons. The van der Waals surface area contributed by atoms with Crippen LogP contribution in [0.2, 0.25) is 0 Å². The van der Waals surface area contributed by atoms with Crippen LogP contribution in [-0.4, -0.2) is 34.9 Å². The van der Waals surface area contributed by atoms with Crippen molar-refractivity contribution in [3.05, 3.63) is 35.4 Å². The van der Waals surface area contributed by atoms with Gasteiger partial charge in [0, 0.05) is 39.8 Å². The van der Waals surface area contributed by atoms with Crippen LogP contribution < -0.4 is 4.74 Å². The standard InChI is InChI=1S/C15H17BrNO2S.Y/c1-10-8-11(19-9-20-3)4-5-12(10)14-7-6-13(16)15(18)17(14)2;/h4-5,8,13H,6,9H2,1-3H3;/q-1;. The molecule has 0 aliphatic carbocycles. The fraction of sp³-hybridized carbons (Fsp3) is 0.400. The minimum absolute atomic E-state index is 0. The number of rotatable bonds is 4. The molecule has 1 aromatic carbocycles. The summed E-state index contributed by atoms with van der Waals surface area (Å²) in [7, 11) is 1.79. The van der Waals surface area contributed by atoms with Gasteiger partial charge in [0.05, 0.1) is 4.83 Å². The number of hydrogen-bond acceptors (Lipinski definition) is 3. The van der Waals surface area contributed by atoms with Crippen LogP contribution in [0.5, 0.6) is 5.75 Å². The van der Waals surface area contributed by atoms with Crippen LogP contribution in [0.3, 0.4) is 0 Å². The Balaban J connectivity index is 0.00000220. The molecule has 1 radical (unpaired) electrons. The quantitative estimate of drug-likeness (QED) is 0.405. The zero-order valence-electron chi connectivity index (χ0n) is 12.4. The number of ether oxygens (including phenoxy) is 1. The van der Waals surface area contributed by atoms with Gasteiger partial charge < -0.3 is 9.64 Å². The smallest absolute Gasteiger partial charge is 0.236 e. The number of thioether (sulfide) groups is 1. The van der Waals surface area contributed by atoms with Crippen molar-refractivity contribution in [2.45, 2.75) is 18.2 Å². The third kappa shape index (κ3) is 4.57. The summed E-state index contributed by atoms with van der Waals surface area (Å²) in [6, 6.07) is 5.93. The fourth-order valence-corrected chi connectivity index (χ4v) is 2.83. The van der Waals surface area contributed by atoms with E-state index in [9.17, 15) is 4.79 Å². The van der Waals surface area contributed by atoms with Crippen molar-refractivity contribution in [3.63, 3.8) is 0 Å². The van der Waals surface area contributed by atoms with Crippen LogP contribution >= 0.6 is 27.7 Å². The summed E-state index contributed by atoms with van der Waals surface area (Å²) in [6.45, 7) is 2.02. The van der Waals surface area contributed by atoms with Gasteiger partial charge in [0.1, 0.15) is 11.7 Å². The number of alkyl halides is 1. The molecule has 0 N–H and O–H groups in total. The summed E-state index contributed by atoms with van der Waals surface area (Å²) in [5.41, 5.74) is 2.95. The van der Waals surface area contributed by atoms with Gasteiger partial charge >= 0.3 is 0 Å². The molecule has 1 aliphatic rings. The Morgan fingerprint density at radius 2 is 2.24 bits per heavy atom. The van der Waals surface area contributed by atoms with E-state index in [0.29, 0.717) is 12.4 Å². The van der Waals surface area contributed by atoms with E-state index in [4.69, 9.17) is 4.74 Å². The third-order valence-electron chi connectivity index (χ3n) is 3.18. The van der Waals surface area contributed by atoms with Crippen molar-refractivity contribution in [2.75, 3.05) is 19.2 Å². The number of benzene rings is 1. The van der Waals surface area contributed by atoms with Gasteiger partial charge in [0.25, 0.3) is 0 Å². The first kappa shape index (κ1) is 19.2. The molecule has 21 heavy (non-hydrogen) atoms. The van der Waals surface area contributed by atoms with Crippen LogP contribution in [0.15, 0.2) is 18.2 Å². The van der Waals surface area contributed by atoms with E-state index in [1.54, 1.807) is 23.7 Å². The molecule has 0 saturated carbocycles. The second-order valence-corrected chi connectivity index (χ2v) is 6.54. The largest absolute Gasteiger partial charge is 0.483 e. The summed E-state index contributed by atoms with van der Waals surface area (Å²) in [5, 5.41) is 0. The second kappa shape index (κ2) is 8.71. The van der Waals surface area contributed by atoms with E-state index >= 15 is 0 Å². The Kier molecular flexibility index (Phi) is 7.96. The molecule has 0 saturated heterocycles. The first-order chi connectivity index (χ1) is 9.54. The SMILES string of the molecule is CSCOc1ccc(C2=[C-]CC(Br)C(=O)N2C)c(C)c1.[Y]. The van der Waals surface area contributed by atoms with Crippen molar-refractivity contribution >= 4 is 39.3 Å². The van der Waals surface area contributed by atoms with Crippen LogP contribution in [0.1, 0.15) is 17.5 Å². The molecule has 1 aliphatic heterocycles. The monoisotopic (exact) mass is 443 g/mol. The maximum Gasteiger partial charge on any atom is 0.236 e. The first-order valence-electron chi connectivity index (χ1n) is 6.30. The van der Waals surface area contributed by atoms with Gasteiger partial charge in [-0.2, -0.15) is 0 Å². The maximum atomic E-state index is 12.0. The molecule has 1 aromatic rings. The van der Waals surface area contributed by atoms with Crippen molar-refractivity contribution < 1.29 is 42.2 Å². The fourth-order valence-electron chi connectivity index (χ4n) is 2.11. The molecule has 1 atom stereocenters. The number of aryl methyl sites for hydroxylation is 1. The van der Waals surface area contributed by atoms with Gasteiger partial charge in [-0.05, 0) is 18.4 Å². The number of amides is 1. The first-order valence-corrected chi connectivity index (χ1v) is 8.60. The molecule has 1 unspecified atom stereocenters. The van der Waals surface area contributed by atoms with Crippen molar-refractivity contribution in [1.29, 1.82) is 0 Å². The van der Waals surface area contributed by atoms with Gasteiger partial charge in [-0.25, -0.2) is 6.08 Å². The summed E-state index contributed by atoms with van der Waals surface area (Å²) in [6.07, 6.45) is 5.90. The van der Waals surface area contributed by atoms with Gasteiger partial charge in [0.15, 0.2) is 0 Å². The molecule has 1 heterocycles. The van der Waals surface area contributed by atoms with Gasteiger partial charge in [-0.15, -0.1) is 34.7 Å². The number of carbonyl (C=O) groups is 1. The maximum absolute atomic E-state index is 12.0. The molecular formula is C15H17BrNO2SY-. The van der Waals surface area contributed by atoms with Crippen LogP contribution in [0, 0.1) is 13.0 Å². The summed E-state index contributed by atoms with van der Waals surface area (Å²) in [5.74, 6) is 1.56. The zero-order valence-corrected chi connectivity index (χ0v) is 17.6. The average molecular weight is 444 g/mol. The van der Waals surface area contributed by atoms with E-state index in [1.165, 1.54) is 0 Å². The molecule has 0 spiro atoms. The number of allylic oxidation sites excluding steroid dienone is 1.